The molecule has 15 heavy (non-hydrogen) atoms. The van der Waals surface area contributed by atoms with Crippen LogP contribution in [0.1, 0.15) is 31.7 Å². The predicted octanol–water partition coefficient (Wildman–Crippen LogP) is 3.03. The molecule has 1 saturated carbocycles. The molecule has 0 heterocycles. The Hall–Kier alpha value is -0.820. The Morgan fingerprint density at radius 1 is 1.27 bits per heavy atom. The maximum Gasteiger partial charge on any atom is 0.0571 e. The van der Waals surface area contributed by atoms with Gasteiger partial charge < -0.3 is 5.11 Å². The highest BCUT2D eigenvalue weighted by atomic mass is 16.3. The highest BCUT2D eigenvalue weighted by molar-refractivity contribution is 5.14. The monoisotopic (exact) mass is 204 g/mol. The van der Waals surface area contributed by atoms with E-state index in [-0.39, 0.29) is 6.10 Å². The van der Waals surface area contributed by atoms with Gasteiger partial charge in [-0.2, -0.15) is 0 Å². The summed E-state index contributed by atoms with van der Waals surface area (Å²) in [5, 5.41) is 9.99. The van der Waals surface area contributed by atoms with Gasteiger partial charge >= 0.3 is 0 Å². The molecule has 0 aromatic heterocycles. The van der Waals surface area contributed by atoms with Crippen molar-refractivity contribution >= 4 is 0 Å². The van der Waals surface area contributed by atoms with Crippen LogP contribution in [0.2, 0.25) is 0 Å². The second kappa shape index (κ2) is 4.80. The van der Waals surface area contributed by atoms with Gasteiger partial charge in [0.25, 0.3) is 0 Å². The molecule has 1 nitrogen and oxygen atoms in total. The number of benzene rings is 1. The highest BCUT2D eigenvalue weighted by Gasteiger charge is 2.31. The molecular formula is C14H20O. The Morgan fingerprint density at radius 3 is 2.53 bits per heavy atom. The molecule has 1 aliphatic carbocycles. The van der Waals surface area contributed by atoms with Crippen molar-refractivity contribution in [3.8, 4) is 0 Å². The first-order chi connectivity index (χ1) is 7.27. The third-order valence-electron chi connectivity index (χ3n) is 3.54. The van der Waals surface area contributed by atoms with Gasteiger partial charge in [-0.25, -0.2) is 0 Å². The van der Waals surface area contributed by atoms with E-state index in [2.05, 4.69) is 31.2 Å². The minimum absolute atomic E-state index is 0.113. The topological polar surface area (TPSA) is 20.2 Å². The fraction of sp³-hybridized carbons (Fsp3) is 0.571. The molecule has 0 saturated heterocycles. The highest BCUT2D eigenvalue weighted by Crippen LogP contribution is 2.38. The van der Waals surface area contributed by atoms with Crippen molar-refractivity contribution in [2.75, 3.05) is 0 Å². The first kappa shape index (κ1) is 10.7. The maximum atomic E-state index is 9.99. The molecule has 2 unspecified atom stereocenters. The van der Waals surface area contributed by atoms with Gasteiger partial charge in [-0.1, -0.05) is 37.3 Å². The van der Waals surface area contributed by atoms with Gasteiger partial charge in [-0.15, -0.1) is 0 Å². The molecule has 1 aromatic carbocycles. The molecule has 1 N–H and O–H groups in total. The van der Waals surface area contributed by atoms with Crippen LogP contribution in [0.15, 0.2) is 30.3 Å². The average molecular weight is 204 g/mol. The van der Waals surface area contributed by atoms with E-state index in [0.717, 1.165) is 18.8 Å². The van der Waals surface area contributed by atoms with Crippen molar-refractivity contribution in [3.63, 3.8) is 0 Å². The fourth-order valence-electron chi connectivity index (χ4n) is 2.16. The molecule has 0 amide bonds. The van der Waals surface area contributed by atoms with Gasteiger partial charge in [0.2, 0.25) is 0 Å². The van der Waals surface area contributed by atoms with Crippen LogP contribution in [0.4, 0.5) is 0 Å². The number of aliphatic hydroxyl groups is 1. The maximum absolute atomic E-state index is 9.99. The van der Waals surface area contributed by atoms with E-state index >= 15 is 0 Å². The van der Waals surface area contributed by atoms with E-state index in [4.69, 9.17) is 0 Å². The van der Waals surface area contributed by atoms with E-state index in [1.165, 1.54) is 18.4 Å². The summed E-state index contributed by atoms with van der Waals surface area (Å²) in [6, 6.07) is 10.4. The second-order valence-corrected chi connectivity index (χ2v) is 4.79. The molecule has 1 aliphatic rings. The quantitative estimate of drug-likeness (QED) is 0.781. The molecule has 1 heteroatoms. The van der Waals surface area contributed by atoms with E-state index in [1.807, 2.05) is 6.07 Å². The molecule has 0 aliphatic heterocycles. The van der Waals surface area contributed by atoms with Gasteiger partial charge in [0, 0.05) is 0 Å². The van der Waals surface area contributed by atoms with E-state index < -0.39 is 0 Å². The molecule has 82 valence electrons. The summed E-state index contributed by atoms with van der Waals surface area (Å²) in [7, 11) is 0. The first-order valence-corrected chi connectivity index (χ1v) is 5.99. The van der Waals surface area contributed by atoms with Gasteiger partial charge in [-0.05, 0) is 43.1 Å². The van der Waals surface area contributed by atoms with Crippen molar-refractivity contribution in [2.45, 2.75) is 38.7 Å². The van der Waals surface area contributed by atoms with Crippen LogP contribution < -0.4 is 0 Å². The van der Waals surface area contributed by atoms with Gasteiger partial charge in [0.15, 0.2) is 0 Å². The van der Waals surface area contributed by atoms with Gasteiger partial charge in [0.1, 0.15) is 0 Å². The van der Waals surface area contributed by atoms with Crippen molar-refractivity contribution in [1.29, 1.82) is 0 Å². The summed E-state index contributed by atoms with van der Waals surface area (Å²) in [5.41, 5.74) is 1.33. The Labute approximate surface area is 92.1 Å². The Balaban J connectivity index is 1.77. The second-order valence-electron chi connectivity index (χ2n) is 4.79. The first-order valence-electron chi connectivity index (χ1n) is 5.99. The molecule has 0 bridgehead atoms. The number of rotatable bonds is 5. The molecule has 2 rings (SSSR count). The average Bonchev–Trinajstić information content (AvgIpc) is 3.10. The minimum Gasteiger partial charge on any atom is -0.393 e. The van der Waals surface area contributed by atoms with Crippen LogP contribution in [0.5, 0.6) is 0 Å². The number of aryl methyl sites for hydroxylation is 1. The van der Waals surface area contributed by atoms with Crippen LogP contribution in [0.3, 0.4) is 0 Å². The Morgan fingerprint density at radius 2 is 1.93 bits per heavy atom. The summed E-state index contributed by atoms with van der Waals surface area (Å²) in [6.45, 7) is 2.19. The van der Waals surface area contributed by atoms with Crippen LogP contribution in [-0.2, 0) is 6.42 Å². The third-order valence-corrected chi connectivity index (χ3v) is 3.54. The smallest absolute Gasteiger partial charge is 0.0571 e. The zero-order chi connectivity index (χ0) is 10.7. The molecule has 1 fully saturated rings. The lowest BCUT2D eigenvalue weighted by Gasteiger charge is -2.18. The standard InChI is InChI=1S/C14H20O/c1-11(13-8-9-13)14(15)10-7-12-5-3-2-4-6-12/h2-6,11,13-15H,7-10H2,1H3. The lowest BCUT2D eigenvalue weighted by atomic mass is 9.94. The van der Waals surface area contributed by atoms with Crippen LogP contribution in [0.25, 0.3) is 0 Å². The molecule has 0 radical (unpaired) electrons. The lowest BCUT2D eigenvalue weighted by Crippen LogP contribution is -2.19. The van der Waals surface area contributed by atoms with Gasteiger partial charge in [-0.3, -0.25) is 0 Å². The van der Waals surface area contributed by atoms with E-state index in [0.29, 0.717) is 5.92 Å². The summed E-state index contributed by atoms with van der Waals surface area (Å²) in [5.74, 6) is 1.30. The number of aliphatic hydroxyl groups excluding tert-OH is 1. The van der Waals surface area contributed by atoms with Crippen LogP contribution in [-0.4, -0.2) is 11.2 Å². The number of hydrogen-bond acceptors (Lipinski definition) is 1. The fourth-order valence-corrected chi connectivity index (χ4v) is 2.16. The van der Waals surface area contributed by atoms with Crippen LogP contribution in [0, 0.1) is 11.8 Å². The summed E-state index contributed by atoms with van der Waals surface area (Å²) < 4.78 is 0. The summed E-state index contributed by atoms with van der Waals surface area (Å²) in [6.07, 6.45) is 4.44. The van der Waals surface area contributed by atoms with E-state index in [1.54, 1.807) is 0 Å². The minimum atomic E-state index is -0.113. The largest absolute Gasteiger partial charge is 0.393 e. The van der Waals surface area contributed by atoms with Gasteiger partial charge in [0.05, 0.1) is 6.10 Å². The lowest BCUT2D eigenvalue weighted by molar-refractivity contribution is 0.0968. The predicted molar refractivity (Wildman–Crippen MR) is 62.7 cm³/mol. The zero-order valence-corrected chi connectivity index (χ0v) is 9.39. The van der Waals surface area contributed by atoms with Crippen molar-refractivity contribution in [3.05, 3.63) is 35.9 Å². The van der Waals surface area contributed by atoms with Crippen molar-refractivity contribution in [1.82, 2.24) is 0 Å². The van der Waals surface area contributed by atoms with E-state index in [9.17, 15) is 5.11 Å². The van der Waals surface area contributed by atoms with Crippen molar-refractivity contribution in [2.24, 2.45) is 11.8 Å². The SMILES string of the molecule is CC(C(O)CCc1ccccc1)C1CC1. The summed E-state index contributed by atoms with van der Waals surface area (Å²) >= 11 is 0. The zero-order valence-electron chi connectivity index (χ0n) is 9.39. The number of hydrogen-bond donors (Lipinski definition) is 1. The molecule has 2 atom stereocenters. The molecule has 1 aromatic rings. The Kier molecular flexibility index (Phi) is 3.42. The Bertz CT molecular complexity index is 289. The van der Waals surface area contributed by atoms with Crippen LogP contribution >= 0.6 is 0 Å². The molecular weight excluding hydrogens is 184 g/mol. The summed E-state index contributed by atoms with van der Waals surface area (Å²) in [4.78, 5) is 0. The third kappa shape index (κ3) is 3.07. The molecule has 0 spiro atoms. The normalized spacial score (nSPS) is 19.9. The van der Waals surface area contributed by atoms with Crippen molar-refractivity contribution < 1.29 is 5.11 Å².